The van der Waals surface area contributed by atoms with E-state index in [0.717, 1.165) is 4.90 Å². The Hall–Kier alpha value is -2.37. The number of anilines is 1. The van der Waals surface area contributed by atoms with E-state index in [1.807, 2.05) is 0 Å². The lowest BCUT2D eigenvalue weighted by atomic mass is 10.0. The Bertz CT molecular complexity index is 547. The molecule has 1 saturated heterocycles. The fourth-order valence-corrected chi connectivity index (χ4v) is 2.28. The van der Waals surface area contributed by atoms with Crippen LogP contribution in [0.2, 0.25) is 0 Å². The number of nitrogens with one attached hydrogen (secondary N) is 1. The number of piperidine rings is 1. The van der Waals surface area contributed by atoms with Crippen LogP contribution < -0.4 is 11.1 Å². The molecule has 1 heterocycles. The highest BCUT2D eigenvalue weighted by Gasteiger charge is 2.29. The predicted molar refractivity (Wildman–Crippen MR) is 73.9 cm³/mol. The van der Waals surface area contributed by atoms with Crippen LogP contribution in [0.5, 0.6) is 0 Å². The van der Waals surface area contributed by atoms with Crippen molar-refractivity contribution in [3.05, 3.63) is 29.3 Å². The largest absolute Gasteiger partial charge is 0.398 e. The Morgan fingerprint density at radius 2 is 2.25 bits per heavy atom. The number of nitrogens with zero attached hydrogens (tertiary/aromatic N) is 1. The molecular weight excluding hydrogens is 258 g/mol. The normalized spacial score (nSPS) is 18.2. The van der Waals surface area contributed by atoms with Gasteiger partial charge in [-0.15, -0.1) is 0 Å². The van der Waals surface area contributed by atoms with E-state index in [2.05, 4.69) is 5.32 Å². The standard InChI is InChI=1S/C14H17N3O3/c1-9-11(3-2-4-12(9)15)14(20)17(8-18)10-5-6-13(19)16-7-10/h2-4,8,10H,5-7,15H2,1H3,(H,16,19)/t10-/m0/s1. The highest BCUT2D eigenvalue weighted by atomic mass is 16.2. The second-order valence-electron chi connectivity index (χ2n) is 4.83. The van der Waals surface area contributed by atoms with E-state index >= 15 is 0 Å². The second-order valence-corrected chi connectivity index (χ2v) is 4.83. The van der Waals surface area contributed by atoms with E-state index in [1.54, 1.807) is 25.1 Å². The summed E-state index contributed by atoms with van der Waals surface area (Å²) in [6, 6.07) is 4.73. The van der Waals surface area contributed by atoms with Gasteiger partial charge in [0.15, 0.2) is 0 Å². The van der Waals surface area contributed by atoms with Gasteiger partial charge in [-0.05, 0) is 31.0 Å². The first-order chi connectivity index (χ1) is 9.54. The van der Waals surface area contributed by atoms with Gasteiger partial charge in [-0.25, -0.2) is 0 Å². The van der Waals surface area contributed by atoms with Crippen LogP contribution in [0.25, 0.3) is 0 Å². The summed E-state index contributed by atoms with van der Waals surface area (Å²) in [4.78, 5) is 36.0. The minimum atomic E-state index is -0.383. The summed E-state index contributed by atoms with van der Waals surface area (Å²) in [6.45, 7) is 2.04. The molecule has 3 amide bonds. The van der Waals surface area contributed by atoms with Crippen molar-refractivity contribution in [2.75, 3.05) is 12.3 Å². The maximum atomic E-state index is 12.5. The van der Waals surface area contributed by atoms with E-state index in [0.29, 0.717) is 42.6 Å². The van der Waals surface area contributed by atoms with Gasteiger partial charge in [-0.1, -0.05) is 6.07 Å². The molecule has 0 aliphatic carbocycles. The molecule has 1 aliphatic heterocycles. The van der Waals surface area contributed by atoms with E-state index in [-0.39, 0.29) is 17.9 Å². The van der Waals surface area contributed by atoms with Crippen LogP contribution in [-0.2, 0) is 9.59 Å². The van der Waals surface area contributed by atoms with Crippen molar-refractivity contribution in [2.24, 2.45) is 0 Å². The van der Waals surface area contributed by atoms with Crippen molar-refractivity contribution in [2.45, 2.75) is 25.8 Å². The highest BCUT2D eigenvalue weighted by Crippen LogP contribution is 2.19. The lowest BCUT2D eigenvalue weighted by Crippen LogP contribution is -2.49. The van der Waals surface area contributed by atoms with Crippen molar-refractivity contribution in [3.8, 4) is 0 Å². The van der Waals surface area contributed by atoms with Crippen LogP contribution >= 0.6 is 0 Å². The third kappa shape index (κ3) is 2.64. The molecule has 0 saturated carbocycles. The van der Waals surface area contributed by atoms with E-state index in [4.69, 9.17) is 5.73 Å². The number of nitrogen functional groups attached to an aromatic ring is 1. The first-order valence-electron chi connectivity index (χ1n) is 6.44. The Balaban J connectivity index is 2.23. The molecule has 106 valence electrons. The number of amides is 3. The van der Waals surface area contributed by atoms with Crippen LogP contribution in [0.4, 0.5) is 5.69 Å². The molecule has 0 spiro atoms. The summed E-state index contributed by atoms with van der Waals surface area (Å²) in [5.74, 6) is -0.439. The zero-order valence-electron chi connectivity index (χ0n) is 11.3. The van der Waals surface area contributed by atoms with Crippen molar-refractivity contribution >= 4 is 23.9 Å². The molecule has 1 fully saturated rings. The SMILES string of the molecule is Cc1c(N)cccc1C(=O)N(C=O)[C@H]1CCC(=O)NC1. The van der Waals surface area contributed by atoms with Gasteiger partial charge in [0.2, 0.25) is 12.3 Å². The topological polar surface area (TPSA) is 92.5 Å². The fourth-order valence-electron chi connectivity index (χ4n) is 2.28. The van der Waals surface area contributed by atoms with Crippen molar-refractivity contribution in [1.82, 2.24) is 10.2 Å². The van der Waals surface area contributed by atoms with Crippen LogP contribution in [-0.4, -0.2) is 35.7 Å². The average Bonchev–Trinajstić information content (AvgIpc) is 2.44. The van der Waals surface area contributed by atoms with Gasteiger partial charge in [0.05, 0.1) is 6.04 Å². The number of nitrogens with two attached hydrogens (primary N) is 1. The number of hydrogen-bond donors (Lipinski definition) is 2. The van der Waals surface area contributed by atoms with Crippen LogP contribution in [0.15, 0.2) is 18.2 Å². The average molecular weight is 275 g/mol. The van der Waals surface area contributed by atoms with Gasteiger partial charge in [0.25, 0.3) is 5.91 Å². The summed E-state index contributed by atoms with van der Waals surface area (Å²) in [7, 11) is 0. The molecule has 2 rings (SSSR count). The number of carbonyl (C=O) groups is 3. The maximum Gasteiger partial charge on any atom is 0.260 e. The quantitative estimate of drug-likeness (QED) is 0.619. The molecular formula is C14H17N3O3. The zero-order chi connectivity index (χ0) is 14.7. The van der Waals surface area contributed by atoms with Gasteiger partial charge in [0, 0.05) is 24.2 Å². The highest BCUT2D eigenvalue weighted by molar-refractivity contribution is 6.02. The fraction of sp³-hybridized carbons (Fsp3) is 0.357. The smallest absolute Gasteiger partial charge is 0.260 e. The first kappa shape index (κ1) is 14.0. The molecule has 0 bridgehead atoms. The summed E-state index contributed by atoms with van der Waals surface area (Å²) < 4.78 is 0. The molecule has 1 aromatic carbocycles. The van der Waals surface area contributed by atoms with Crippen LogP contribution in [0.1, 0.15) is 28.8 Å². The minimum Gasteiger partial charge on any atom is -0.398 e. The predicted octanol–water partition coefficient (Wildman–Crippen LogP) is 0.454. The third-order valence-electron chi connectivity index (χ3n) is 3.59. The monoisotopic (exact) mass is 275 g/mol. The number of imide groups is 1. The molecule has 1 atom stereocenters. The molecule has 20 heavy (non-hydrogen) atoms. The van der Waals surface area contributed by atoms with E-state index in [1.165, 1.54) is 0 Å². The lowest BCUT2D eigenvalue weighted by molar-refractivity contribution is -0.125. The van der Waals surface area contributed by atoms with E-state index in [9.17, 15) is 14.4 Å². The zero-order valence-corrected chi connectivity index (χ0v) is 11.3. The molecule has 6 heteroatoms. The van der Waals surface area contributed by atoms with Gasteiger partial charge in [0.1, 0.15) is 0 Å². The second kappa shape index (κ2) is 5.73. The molecule has 1 aromatic rings. The molecule has 1 aliphatic rings. The Kier molecular flexibility index (Phi) is 4.02. The van der Waals surface area contributed by atoms with Gasteiger partial charge in [-0.2, -0.15) is 0 Å². The number of carbonyl (C=O) groups excluding carboxylic acids is 3. The summed E-state index contributed by atoms with van der Waals surface area (Å²) in [5, 5.41) is 2.66. The number of rotatable bonds is 3. The van der Waals surface area contributed by atoms with Crippen molar-refractivity contribution in [3.63, 3.8) is 0 Å². The summed E-state index contributed by atoms with van der Waals surface area (Å²) in [5.41, 5.74) is 7.36. The molecule has 6 nitrogen and oxygen atoms in total. The van der Waals surface area contributed by atoms with E-state index < -0.39 is 0 Å². The third-order valence-corrected chi connectivity index (χ3v) is 3.59. The summed E-state index contributed by atoms with van der Waals surface area (Å²) >= 11 is 0. The molecule has 0 unspecified atom stereocenters. The van der Waals surface area contributed by atoms with Crippen LogP contribution in [0.3, 0.4) is 0 Å². The maximum absolute atomic E-state index is 12.5. The van der Waals surface area contributed by atoms with Gasteiger partial charge in [-0.3, -0.25) is 19.3 Å². The minimum absolute atomic E-state index is 0.0558. The Labute approximate surface area is 116 Å². The molecule has 0 aromatic heterocycles. The molecule has 0 radical (unpaired) electrons. The van der Waals surface area contributed by atoms with Gasteiger partial charge < -0.3 is 11.1 Å². The van der Waals surface area contributed by atoms with Gasteiger partial charge >= 0.3 is 0 Å². The first-order valence-corrected chi connectivity index (χ1v) is 6.44. The lowest BCUT2D eigenvalue weighted by Gasteiger charge is -2.30. The molecule has 3 N–H and O–H groups in total. The Morgan fingerprint density at radius 3 is 2.85 bits per heavy atom. The van der Waals surface area contributed by atoms with Crippen molar-refractivity contribution < 1.29 is 14.4 Å². The Morgan fingerprint density at radius 1 is 1.50 bits per heavy atom. The number of benzene rings is 1. The van der Waals surface area contributed by atoms with Crippen molar-refractivity contribution in [1.29, 1.82) is 0 Å². The van der Waals surface area contributed by atoms with Crippen LogP contribution in [0, 0.1) is 6.92 Å². The number of hydrogen-bond acceptors (Lipinski definition) is 4. The summed E-state index contributed by atoms with van der Waals surface area (Å²) in [6.07, 6.45) is 1.32.